The normalized spacial score (nSPS) is 14.0. The Labute approximate surface area is 167 Å². The summed E-state index contributed by atoms with van der Waals surface area (Å²) in [6.45, 7) is 1.33. The van der Waals surface area contributed by atoms with Gasteiger partial charge in [-0.15, -0.1) is 0 Å². The largest absolute Gasteiger partial charge is 0.505 e. The van der Waals surface area contributed by atoms with E-state index in [1.807, 2.05) is 18.2 Å². The molecule has 0 aliphatic carbocycles. The van der Waals surface area contributed by atoms with Gasteiger partial charge in [0.2, 0.25) is 0 Å². The molecule has 29 heavy (non-hydrogen) atoms. The van der Waals surface area contributed by atoms with E-state index in [4.69, 9.17) is 0 Å². The van der Waals surface area contributed by atoms with Crippen LogP contribution in [0.4, 0.5) is 22.7 Å². The summed E-state index contributed by atoms with van der Waals surface area (Å²) >= 11 is 0. The number of phenolic OH excluding ortho intramolecular Hbond substituents is 1. The molecule has 7 nitrogen and oxygen atoms in total. The summed E-state index contributed by atoms with van der Waals surface area (Å²) in [6, 6.07) is 13.8. The van der Waals surface area contributed by atoms with E-state index in [1.165, 1.54) is 0 Å². The molecule has 0 radical (unpaired) electrons. The second-order valence-corrected chi connectivity index (χ2v) is 7.08. The lowest BCUT2D eigenvalue weighted by Gasteiger charge is -2.27. The lowest BCUT2D eigenvalue weighted by atomic mass is 10.1. The van der Waals surface area contributed by atoms with Crippen LogP contribution in [-0.4, -0.2) is 29.0 Å². The molecule has 1 aliphatic heterocycles. The molecule has 0 spiro atoms. The highest BCUT2D eigenvalue weighted by atomic mass is 16.3. The molecular formula is C22H21N3O4. The number of anilines is 4. The Morgan fingerprint density at radius 3 is 2.17 bits per heavy atom. The fraction of sp³-hybridized carbons (Fsp3) is 0.227. The van der Waals surface area contributed by atoms with Crippen LogP contribution >= 0.6 is 0 Å². The third kappa shape index (κ3) is 3.59. The molecule has 1 saturated heterocycles. The summed E-state index contributed by atoms with van der Waals surface area (Å²) in [5, 5.41) is 16.4. The van der Waals surface area contributed by atoms with Crippen molar-refractivity contribution in [2.24, 2.45) is 0 Å². The number of nitrogens with one attached hydrogen (secondary N) is 2. The van der Waals surface area contributed by atoms with Crippen molar-refractivity contribution < 1.29 is 9.90 Å². The van der Waals surface area contributed by atoms with Crippen LogP contribution in [0.2, 0.25) is 0 Å². The van der Waals surface area contributed by atoms with Crippen molar-refractivity contribution >= 4 is 28.7 Å². The van der Waals surface area contributed by atoms with E-state index >= 15 is 0 Å². The predicted octanol–water partition coefficient (Wildman–Crippen LogP) is 3.10. The molecule has 1 amide bonds. The molecule has 0 unspecified atom stereocenters. The summed E-state index contributed by atoms with van der Waals surface area (Å²) in [6.07, 6.45) is 2.99. The zero-order chi connectivity index (χ0) is 20.4. The highest BCUT2D eigenvalue weighted by Gasteiger charge is 2.25. The molecule has 4 rings (SSSR count). The van der Waals surface area contributed by atoms with Crippen molar-refractivity contribution in [2.75, 3.05) is 23.7 Å². The quantitative estimate of drug-likeness (QED) is 0.457. The van der Waals surface area contributed by atoms with Crippen LogP contribution in [-0.2, 0) is 0 Å². The van der Waals surface area contributed by atoms with E-state index in [-0.39, 0.29) is 34.3 Å². The van der Waals surface area contributed by atoms with E-state index in [9.17, 15) is 19.5 Å². The topological polar surface area (TPSA) is 98.7 Å². The Bertz CT molecular complexity index is 1110. The Balaban J connectivity index is 1.59. The summed E-state index contributed by atoms with van der Waals surface area (Å²) in [4.78, 5) is 38.6. The van der Waals surface area contributed by atoms with Crippen molar-refractivity contribution in [1.82, 2.24) is 4.90 Å². The van der Waals surface area contributed by atoms with E-state index in [0.717, 1.165) is 19.3 Å². The predicted molar refractivity (Wildman–Crippen MR) is 112 cm³/mol. The molecule has 0 bridgehead atoms. The SMILES string of the molecule is O=C(c1cccc(Nc2c(Nc3ccccc3)c(=O)c2=O)c1O)N1CCCCC1. The molecule has 0 aromatic heterocycles. The van der Waals surface area contributed by atoms with E-state index < -0.39 is 10.9 Å². The highest BCUT2D eigenvalue weighted by molar-refractivity contribution is 5.99. The second-order valence-electron chi connectivity index (χ2n) is 7.08. The number of aromatic hydroxyl groups is 1. The zero-order valence-electron chi connectivity index (χ0n) is 15.8. The van der Waals surface area contributed by atoms with Crippen LogP contribution in [0.5, 0.6) is 5.75 Å². The summed E-state index contributed by atoms with van der Waals surface area (Å²) in [5.41, 5.74) is -0.0535. The number of hydrogen-bond acceptors (Lipinski definition) is 6. The first-order chi connectivity index (χ1) is 14.1. The number of phenols is 1. The molecule has 3 N–H and O–H groups in total. The van der Waals surface area contributed by atoms with E-state index in [2.05, 4.69) is 10.6 Å². The first-order valence-electron chi connectivity index (χ1n) is 9.60. The van der Waals surface area contributed by atoms with Crippen molar-refractivity contribution in [3.63, 3.8) is 0 Å². The number of carbonyl (C=O) groups is 1. The van der Waals surface area contributed by atoms with E-state index in [1.54, 1.807) is 35.2 Å². The van der Waals surface area contributed by atoms with Gasteiger partial charge in [-0.3, -0.25) is 14.4 Å². The molecule has 0 atom stereocenters. The average Bonchev–Trinajstić information content (AvgIpc) is 2.77. The van der Waals surface area contributed by atoms with Gasteiger partial charge >= 0.3 is 0 Å². The van der Waals surface area contributed by atoms with Gasteiger partial charge in [-0.2, -0.15) is 0 Å². The van der Waals surface area contributed by atoms with Gasteiger partial charge in [0.25, 0.3) is 16.8 Å². The number of para-hydroxylation sites is 2. The van der Waals surface area contributed by atoms with Gasteiger partial charge in [0, 0.05) is 18.8 Å². The Hall–Kier alpha value is -3.61. The van der Waals surface area contributed by atoms with Crippen molar-refractivity contribution in [3.8, 4) is 5.75 Å². The second kappa shape index (κ2) is 7.79. The minimum absolute atomic E-state index is 0.0664. The number of likely N-dealkylation sites (tertiary alicyclic amines) is 1. The maximum absolute atomic E-state index is 12.8. The average molecular weight is 391 g/mol. The molecular weight excluding hydrogens is 370 g/mol. The molecule has 0 saturated carbocycles. The number of amides is 1. The fourth-order valence-electron chi connectivity index (χ4n) is 3.51. The first-order valence-corrected chi connectivity index (χ1v) is 9.60. The maximum Gasteiger partial charge on any atom is 0.257 e. The Kier molecular flexibility index (Phi) is 5.03. The number of benzene rings is 2. The summed E-state index contributed by atoms with van der Waals surface area (Å²) in [5.74, 6) is -0.472. The number of hydrogen-bond donors (Lipinski definition) is 3. The molecule has 1 fully saturated rings. The smallest absolute Gasteiger partial charge is 0.257 e. The van der Waals surface area contributed by atoms with Crippen molar-refractivity contribution in [1.29, 1.82) is 0 Å². The maximum atomic E-state index is 12.8. The highest BCUT2D eigenvalue weighted by Crippen LogP contribution is 2.33. The monoisotopic (exact) mass is 391 g/mol. The molecule has 1 heterocycles. The van der Waals surface area contributed by atoms with Crippen LogP contribution in [0.15, 0.2) is 58.1 Å². The van der Waals surface area contributed by atoms with Crippen LogP contribution in [0.1, 0.15) is 29.6 Å². The molecule has 7 heteroatoms. The molecule has 148 valence electrons. The van der Waals surface area contributed by atoms with Gasteiger partial charge in [0.05, 0.1) is 11.3 Å². The number of nitrogens with zero attached hydrogens (tertiary/aromatic N) is 1. The Morgan fingerprint density at radius 1 is 0.828 bits per heavy atom. The van der Waals surface area contributed by atoms with Gasteiger partial charge in [-0.05, 0) is 43.5 Å². The lowest BCUT2D eigenvalue weighted by molar-refractivity contribution is 0.0721. The van der Waals surface area contributed by atoms with Crippen molar-refractivity contribution in [3.05, 3.63) is 74.5 Å². The minimum Gasteiger partial charge on any atom is -0.505 e. The molecule has 3 aromatic rings. The first kappa shape index (κ1) is 18.7. The van der Waals surface area contributed by atoms with Gasteiger partial charge < -0.3 is 20.6 Å². The van der Waals surface area contributed by atoms with Crippen LogP contribution in [0.25, 0.3) is 0 Å². The third-order valence-corrected chi connectivity index (χ3v) is 5.12. The Morgan fingerprint density at radius 2 is 1.48 bits per heavy atom. The van der Waals surface area contributed by atoms with Gasteiger partial charge in [-0.1, -0.05) is 24.3 Å². The summed E-state index contributed by atoms with van der Waals surface area (Å²) < 4.78 is 0. The van der Waals surface area contributed by atoms with Crippen LogP contribution in [0, 0.1) is 0 Å². The van der Waals surface area contributed by atoms with Gasteiger partial charge in [0.15, 0.2) is 5.75 Å². The third-order valence-electron chi connectivity index (χ3n) is 5.12. The lowest BCUT2D eigenvalue weighted by Crippen LogP contribution is -2.36. The van der Waals surface area contributed by atoms with Gasteiger partial charge in [0.1, 0.15) is 11.4 Å². The van der Waals surface area contributed by atoms with Crippen LogP contribution in [0.3, 0.4) is 0 Å². The summed E-state index contributed by atoms with van der Waals surface area (Å²) in [7, 11) is 0. The van der Waals surface area contributed by atoms with Crippen molar-refractivity contribution in [2.45, 2.75) is 19.3 Å². The zero-order valence-corrected chi connectivity index (χ0v) is 15.8. The van der Waals surface area contributed by atoms with Crippen LogP contribution < -0.4 is 21.5 Å². The number of carbonyl (C=O) groups excluding carboxylic acids is 1. The fourth-order valence-corrected chi connectivity index (χ4v) is 3.51. The standard InChI is InChI=1S/C22H21N3O4/c26-19-15(22(29)25-12-5-2-6-13-25)10-7-11-16(19)24-18-17(20(27)21(18)28)23-14-8-3-1-4-9-14/h1,3-4,7-11,23-24,26H,2,5-6,12-13H2. The minimum atomic E-state index is -0.671. The molecule has 1 aliphatic rings. The number of piperidine rings is 1. The number of rotatable bonds is 5. The van der Waals surface area contributed by atoms with Gasteiger partial charge in [-0.25, -0.2) is 0 Å². The van der Waals surface area contributed by atoms with E-state index in [0.29, 0.717) is 18.8 Å². The molecule has 3 aromatic carbocycles.